The maximum atomic E-state index is 12.3. The number of nitrogens with one attached hydrogen (secondary N) is 1. The molecule has 0 spiro atoms. The highest BCUT2D eigenvalue weighted by molar-refractivity contribution is 6.06. The summed E-state index contributed by atoms with van der Waals surface area (Å²) in [7, 11) is 0. The SMILES string of the molecule is O=C(COC(=O)CCN1C(=O)[C@@H]2CC=CC[C@H]2C1=O)NC(=O)c1ccccc1. The van der Waals surface area contributed by atoms with Gasteiger partial charge in [-0.25, -0.2) is 0 Å². The molecule has 4 amide bonds. The summed E-state index contributed by atoms with van der Waals surface area (Å²) < 4.78 is 4.82. The van der Waals surface area contributed by atoms with Gasteiger partial charge in [0.05, 0.1) is 18.3 Å². The third-order valence-electron chi connectivity index (χ3n) is 4.79. The van der Waals surface area contributed by atoms with Crippen molar-refractivity contribution < 1.29 is 28.7 Å². The van der Waals surface area contributed by atoms with Gasteiger partial charge in [0, 0.05) is 12.1 Å². The lowest BCUT2D eigenvalue weighted by molar-refractivity contribution is -0.149. The molecule has 1 saturated heterocycles. The van der Waals surface area contributed by atoms with Crippen molar-refractivity contribution in [3.8, 4) is 0 Å². The number of likely N-dealkylation sites (tertiary alicyclic amines) is 1. The van der Waals surface area contributed by atoms with Crippen LogP contribution in [0.3, 0.4) is 0 Å². The van der Waals surface area contributed by atoms with Crippen molar-refractivity contribution in [3.05, 3.63) is 48.0 Å². The summed E-state index contributed by atoms with van der Waals surface area (Å²) >= 11 is 0. The second kappa shape index (κ2) is 8.60. The van der Waals surface area contributed by atoms with Gasteiger partial charge in [0.15, 0.2) is 6.61 Å². The van der Waals surface area contributed by atoms with Gasteiger partial charge in [-0.15, -0.1) is 0 Å². The zero-order chi connectivity index (χ0) is 20.1. The number of benzene rings is 1. The van der Waals surface area contributed by atoms with Gasteiger partial charge in [0.25, 0.3) is 11.8 Å². The minimum absolute atomic E-state index is 0.0753. The van der Waals surface area contributed by atoms with Crippen molar-refractivity contribution >= 4 is 29.6 Å². The summed E-state index contributed by atoms with van der Waals surface area (Å²) in [6, 6.07) is 8.15. The van der Waals surface area contributed by atoms with Gasteiger partial charge in [0.1, 0.15) is 0 Å². The predicted molar refractivity (Wildman–Crippen MR) is 96.6 cm³/mol. The van der Waals surface area contributed by atoms with Gasteiger partial charge < -0.3 is 4.74 Å². The fourth-order valence-corrected chi connectivity index (χ4v) is 3.34. The van der Waals surface area contributed by atoms with Crippen molar-refractivity contribution in [2.24, 2.45) is 11.8 Å². The number of rotatable bonds is 6. The normalized spacial score (nSPS) is 20.6. The molecule has 1 aromatic rings. The maximum Gasteiger partial charge on any atom is 0.308 e. The summed E-state index contributed by atoms with van der Waals surface area (Å²) in [5.41, 5.74) is 0.309. The fourth-order valence-electron chi connectivity index (χ4n) is 3.34. The van der Waals surface area contributed by atoms with E-state index in [1.54, 1.807) is 30.3 Å². The topological polar surface area (TPSA) is 110 Å². The minimum Gasteiger partial charge on any atom is -0.456 e. The van der Waals surface area contributed by atoms with E-state index in [0.29, 0.717) is 18.4 Å². The molecule has 0 unspecified atom stereocenters. The Balaban J connectivity index is 1.41. The Morgan fingerprint density at radius 1 is 1.00 bits per heavy atom. The minimum atomic E-state index is -0.757. The molecule has 0 saturated carbocycles. The molecule has 3 rings (SSSR count). The molecular weight excluding hydrogens is 364 g/mol. The molecule has 2 aliphatic rings. The number of carbonyl (C=O) groups is 5. The molecule has 0 radical (unpaired) electrons. The molecule has 1 aromatic carbocycles. The van der Waals surface area contributed by atoms with Crippen molar-refractivity contribution in [1.82, 2.24) is 10.2 Å². The van der Waals surface area contributed by atoms with Gasteiger partial charge in [-0.3, -0.25) is 34.2 Å². The van der Waals surface area contributed by atoms with Gasteiger partial charge in [-0.1, -0.05) is 30.4 Å². The molecule has 28 heavy (non-hydrogen) atoms. The molecular formula is C20H20N2O6. The van der Waals surface area contributed by atoms with E-state index in [2.05, 4.69) is 5.32 Å². The first-order valence-corrected chi connectivity index (χ1v) is 9.02. The first kappa shape index (κ1) is 19.5. The summed E-state index contributed by atoms with van der Waals surface area (Å²) in [5, 5.41) is 2.12. The van der Waals surface area contributed by atoms with E-state index < -0.39 is 24.4 Å². The van der Waals surface area contributed by atoms with Crippen LogP contribution in [0.5, 0.6) is 0 Å². The molecule has 1 aliphatic heterocycles. The van der Waals surface area contributed by atoms with E-state index in [0.717, 1.165) is 4.90 Å². The smallest absolute Gasteiger partial charge is 0.308 e. The van der Waals surface area contributed by atoms with Crippen LogP contribution in [0.2, 0.25) is 0 Å². The van der Waals surface area contributed by atoms with E-state index in [-0.39, 0.29) is 36.6 Å². The third-order valence-corrected chi connectivity index (χ3v) is 4.79. The molecule has 8 nitrogen and oxygen atoms in total. The number of carbonyl (C=O) groups excluding carboxylic acids is 5. The van der Waals surface area contributed by atoms with Crippen molar-refractivity contribution in [3.63, 3.8) is 0 Å². The summed E-state index contributed by atoms with van der Waals surface area (Å²) in [4.78, 5) is 61.1. The van der Waals surface area contributed by atoms with Gasteiger partial charge in [-0.2, -0.15) is 0 Å². The molecule has 1 aliphatic carbocycles. The van der Waals surface area contributed by atoms with Crippen molar-refractivity contribution in [1.29, 1.82) is 0 Å². The largest absolute Gasteiger partial charge is 0.456 e. The Bertz CT molecular complexity index is 806. The Hall–Kier alpha value is -3.29. The maximum absolute atomic E-state index is 12.3. The third kappa shape index (κ3) is 4.33. The number of imide groups is 2. The van der Waals surface area contributed by atoms with Crippen LogP contribution in [0, 0.1) is 11.8 Å². The number of esters is 1. The van der Waals surface area contributed by atoms with Crippen LogP contribution in [-0.2, 0) is 23.9 Å². The molecule has 1 fully saturated rings. The Morgan fingerprint density at radius 3 is 2.21 bits per heavy atom. The first-order valence-electron chi connectivity index (χ1n) is 9.02. The molecule has 2 atom stereocenters. The van der Waals surface area contributed by atoms with E-state index in [9.17, 15) is 24.0 Å². The number of amides is 4. The lowest BCUT2D eigenvalue weighted by Gasteiger charge is -2.14. The molecule has 1 N–H and O–H groups in total. The Morgan fingerprint density at radius 2 is 1.61 bits per heavy atom. The average molecular weight is 384 g/mol. The second-order valence-electron chi connectivity index (χ2n) is 6.64. The highest BCUT2D eigenvalue weighted by Gasteiger charge is 2.46. The quantitative estimate of drug-likeness (QED) is 0.442. The van der Waals surface area contributed by atoms with Crippen LogP contribution < -0.4 is 5.32 Å². The van der Waals surface area contributed by atoms with Crippen LogP contribution in [0.15, 0.2) is 42.5 Å². The number of nitrogens with zero attached hydrogens (tertiary/aromatic N) is 1. The number of hydrogen-bond acceptors (Lipinski definition) is 6. The van der Waals surface area contributed by atoms with Gasteiger partial charge in [-0.05, 0) is 25.0 Å². The molecule has 1 heterocycles. The second-order valence-corrected chi connectivity index (χ2v) is 6.64. The fraction of sp³-hybridized carbons (Fsp3) is 0.350. The molecule has 146 valence electrons. The van der Waals surface area contributed by atoms with Crippen LogP contribution in [0.4, 0.5) is 0 Å². The summed E-state index contributed by atoms with van der Waals surface area (Å²) in [5.74, 6) is -3.29. The number of hydrogen-bond donors (Lipinski definition) is 1. The van der Waals surface area contributed by atoms with Crippen molar-refractivity contribution in [2.75, 3.05) is 13.2 Å². The number of ether oxygens (including phenoxy) is 1. The standard InChI is InChI=1S/C20H20N2O6/c23-16(21-18(25)13-6-2-1-3-7-13)12-28-17(24)10-11-22-19(26)14-8-4-5-9-15(14)20(22)27/h1-7,14-15H,8-12H2,(H,21,23,25)/t14-,15-/m1/s1. The van der Waals surface area contributed by atoms with Crippen LogP contribution in [-0.4, -0.2) is 47.6 Å². The lowest BCUT2D eigenvalue weighted by atomic mass is 9.85. The van der Waals surface area contributed by atoms with Gasteiger partial charge >= 0.3 is 5.97 Å². The summed E-state index contributed by atoms with van der Waals surface area (Å²) in [6.07, 6.45) is 4.64. The zero-order valence-corrected chi connectivity index (χ0v) is 15.1. The lowest BCUT2D eigenvalue weighted by Crippen LogP contribution is -2.35. The summed E-state index contributed by atoms with van der Waals surface area (Å²) in [6.45, 7) is -0.692. The number of fused-ring (bicyclic) bond motifs is 1. The van der Waals surface area contributed by atoms with E-state index >= 15 is 0 Å². The van der Waals surface area contributed by atoms with Crippen LogP contribution in [0.25, 0.3) is 0 Å². The molecule has 0 bridgehead atoms. The zero-order valence-electron chi connectivity index (χ0n) is 15.1. The Labute approximate surface area is 161 Å². The van der Waals surface area contributed by atoms with Crippen LogP contribution in [0.1, 0.15) is 29.6 Å². The van der Waals surface area contributed by atoms with Crippen LogP contribution >= 0.6 is 0 Å². The van der Waals surface area contributed by atoms with E-state index in [4.69, 9.17) is 4.74 Å². The first-order chi connectivity index (χ1) is 13.5. The van der Waals surface area contributed by atoms with Gasteiger partial charge in [0.2, 0.25) is 11.8 Å². The van der Waals surface area contributed by atoms with E-state index in [1.807, 2.05) is 12.2 Å². The molecule has 0 aromatic heterocycles. The molecule has 8 heteroatoms. The highest BCUT2D eigenvalue weighted by Crippen LogP contribution is 2.34. The number of allylic oxidation sites excluding steroid dienone is 2. The predicted octanol–water partition coefficient (Wildman–Crippen LogP) is 0.828. The highest BCUT2D eigenvalue weighted by atomic mass is 16.5. The van der Waals surface area contributed by atoms with Crippen molar-refractivity contribution in [2.45, 2.75) is 19.3 Å². The average Bonchev–Trinajstić information content (AvgIpc) is 2.96. The van der Waals surface area contributed by atoms with E-state index in [1.165, 1.54) is 0 Å². The Kier molecular flexibility index (Phi) is 5.98. The monoisotopic (exact) mass is 384 g/mol.